The molecule has 0 radical (unpaired) electrons. The Bertz CT molecular complexity index is 348. The van der Waals surface area contributed by atoms with Crippen molar-refractivity contribution in [3.63, 3.8) is 0 Å². The Morgan fingerprint density at radius 3 is 2.71 bits per heavy atom. The van der Waals surface area contributed by atoms with Crippen LogP contribution in [-0.2, 0) is 0 Å². The van der Waals surface area contributed by atoms with E-state index in [1.807, 2.05) is 6.92 Å². The number of rotatable bonds is 7. The fourth-order valence-electron chi connectivity index (χ4n) is 1.39. The van der Waals surface area contributed by atoms with Gasteiger partial charge >= 0.3 is 6.01 Å². The lowest BCUT2D eigenvalue weighted by Crippen LogP contribution is -2.17. The predicted octanol–water partition coefficient (Wildman–Crippen LogP) is 2.91. The zero-order valence-electron chi connectivity index (χ0n) is 10.5. The fraction of sp³-hybridized carbons (Fsp3) is 0.727. The lowest BCUT2D eigenvalue weighted by atomic mass is 10.1. The third kappa shape index (κ3) is 5.17. The van der Waals surface area contributed by atoms with Gasteiger partial charge in [0.25, 0.3) is 0 Å². The van der Waals surface area contributed by atoms with Crippen molar-refractivity contribution in [1.82, 2.24) is 15.0 Å². The predicted molar refractivity (Wildman–Crippen MR) is 68.6 cm³/mol. The van der Waals surface area contributed by atoms with Gasteiger partial charge in [0.1, 0.15) is 0 Å². The Balaban J connectivity index is 2.63. The van der Waals surface area contributed by atoms with E-state index in [1.165, 1.54) is 12.8 Å². The summed E-state index contributed by atoms with van der Waals surface area (Å²) in [6.45, 7) is 6.63. The van der Waals surface area contributed by atoms with E-state index in [2.05, 4.69) is 34.1 Å². The van der Waals surface area contributed by atoms with E-state index in [-0.39, 0.29) is 11.3 Å². The van der Waals surface area contributed by atoms with E-state index in [1.54, 1.807) is 0 Å². The molecule has 1 aromatic rings. The van der Waals surface area contributed by atoms with Crippen LogP contribution in [-0.4, -0.2) is 27.6 Å². The van der Waals surface area contributed by atoms with Gasteiger partial charge in [-0.1, -0.05) is 19.8 Å². The molecular formula is C11H19ClN4O. The minimum atomic E-state index is 0.147. The van der Waals surface area contributed by atoms with Gasteiger partial charge < -0.3 is 10.1 Å². The van der Waals surface area contributed by atoms with Gasteiger partial charge in [-0.15, -0.1) is 0 Å². The number of aromatic nitrogens is 3. The van der Waals surface area contributed by atoms with Crippen LogP contribution >= 0.6 is 11.6 Å². The molecule has 0 spiro atoms. The van der Waals surface area contributed by atoms with Crippen LogP contribution in [0.2, 0.25) is 5.28 Å². The molecule has 0 amide bonds. The van der Waals surface area contributed by atoms with Crippen LogP contribution in [0.25, 0.3) is 0 Å². The summed E-state index contributed by atoms with van der Waals surface area (Å²) in [5.74, 6) is 0.469. The molecule has 6 heteroatoms. The van der Waals surface area contributed by atoms with Gasteiger partial charge in [-0.05, 0) is 31.9 Å². The number of halogens is 1. The first-order valence-electron chi connectivity index (χ1n) is 5.96. The number of nitrogens with zero attached hydrogens (tertiary/aromatic N) is 3. The molecule has 5 nitrogen and oxygen atoms in total. The summed E-state index contributed by atoms with van der Waals surface area (Å²) in [5.41, 5.74) is 0. The molecule has 0 saturated heterocycles. The molecule has 1 rings (SSSR count). The minimum Gasteiger partial charge on any atom is -0.464 e. The molecule has 96 valence electrons. The van der Waals surface area contributed by atoms with Crippen LogP contribution < -0.4 is 10.1 Å². The van der Waals surface area contributed by atoms with E-state index >= 15 is 0 Å². The molecule has 1 aromatic heterocycles. The first-order chi connectivity index (χ1) is 8.15. The van der Waals surface area contributed by atoms with Gasteiger partial charge in [-0.25, -0.2) is 0 Å². The highest BCUT2D eigenvalue weighted by atomic mass is 35.5. The van der Waals surface area contributed by atoms with Gasteiger partial charge in [-0.3, -0.25) is 0 Å². The standard InChI is InChI=1S/C11H19ClN4O/c1-4-6-7-8(3)13-10-14-9(12)15-11(16-10)17-5-2/h8H,4-7H2,1-3H3,(H,13,14,15,16). The zero-order chi connectivity index (χ0) is 12.7. The molecule has 0 saturated carbocycles. The average molecular weight is 259 g/mol. The highest BCUT2D eigenvalue weighted by Crippen LogP contribution is 2.13. The van der Waals surface area contributed by atoms with Crippen molar-refractivity contribution < 1.29 is 4.74 Å². The van der Waals surface area contributed by atoms with Gasteiger partial charge in [0.05, 0.1) is 6.61 Å². The highest BCUT2D eigenvalue weighted by molar-refractivity contribution is 6.28. The Kier molecular flexibility index (Phi) is 5.97. The second-order valence-electron chi connectivity index (χ2n) is 3.83. The maximum atomic E-state index is 5.79. The van der Waals surface area contributed by atoms with Crippen molar-refractivity contribution in [1.29, 1.82) is 0 Å². The number of ether oxygens (including phenoxy) is 1. The van der Waals surface area contributed by atoms with Crippen LogP contribution in [0.1, 0.15) is 40.0 Å². The van der Waals surface area contributed by atoms with Crippen LogP contribution in [0.4, 0.5) is 5.95 Å². The summed E-state index contributed by atoms with van der Waals surface area (Å²) < 4.78 is 5.20. The average Bonchev–Trinajstić information content (AvgIpc) is 2.26. The summed E-state index contributed by atoms with van der Waals surface area (Å²) in [4.78, 5) is 12.0. The third-order valence-electron chi connectivity index (χ3n) is 2.23. The number of hydrogen-bond acceptors (Lipinski definition) is 5. The number of anilines is 1. The second kappa shape index (κ2) is 7.27. The quantitative estimate of drug-likeness (QED) is 0.815. The fourth-order valence-corrected chi connectivity index (χ4v) is 1.55. The molecule has 0 fully saturated rings. The van der Waals surface area contributed by atoms with Crippen molar-refractivity contribution in [3.05, 3.63) is 5.28 Å². The largest absolute Gasteiger partial charge is 0.464 e. The molecule has 0 bridgehead atoms. The maximum absolute atomic E-state index is 5.79. The first kappa shape index (κ1) is 14.0. The molecule has 1 N–H and O–H groups in total. The Morgan fingerprint density at radius 2 is 2.06 bits per heavy atom. The van der Waals surface area contributed by atoms with Crippen molar-refractivity contribution in [2.75, 3.05) is 11.9 Å². The van der Waals surface area contributed by atoms with E-state index in [0.717, 1.165) is 6.42 Å². The molecule has 0 aliphatic rings. The molecule has 0 aromatic carbocycles. The summed E-state index contributed by atoms with van der Waals surface area (Å²) in [7, 11) is 0. The SMILES string of the molecule is CCCCC(C)Nc1nc(Cl)nc(OCC)n1. The molecule has 1 atom stereocenters. The molecular weight excluding hydrogens is 240 g/mol. The third-order valence-corrected chi connectivity index (χ3v) is 2.40. The summed E-state index contributed by atoms with van der Waals surface area (Å²) in [6.07, 6.45) is 3.42. The number of unbranched alkanes of at least 4 members (excludes halogenated alkanes) is 1. The van der Waals surface area contributed by atoms with Gasteiger partial charge in [0.15, 0.2) is 0 Å². The lowest BCUT2D eigenvalue weighted by molar-refractivity contribution is 0.312. The van der Waals surface area contributed by atoms with Gasteiger partial charge in [-0.2, -0.15) is 15.0 Å². The molecule has 17 heavy (non-hydrogen) atoms. The van der Waals surface area contributed by atoms with E-state index in [4.69, 9.17) is 16.3 Å². The maximum Gasteiger partial charge on any atom is 0.322 e. The first-order valence-corrected chi connectivity index (χ1v) is 6.34. The second-order valence-corrected chi connectivity index (χ2v) is 4.17. The molecule has 1 heterocycles. The van der Waals surface area contributed by atoms with Crippen LogP contribution in [0.5, 0.6) is 6.01 Å². The van der Waals surface area contributed by atoms with Crippen molar-refractivity contribution in [2.45, 2.75) is 46.1 Å². The Labute approximate surface area is 107 Å². The van der Waals surface area contributed by atoms with E-state index in [9.17, 15) is 0 Å². The topological polar surface area (TPSA) is 59.9 Å². The normalized spacial score (nSPS) is 12.2. The smallest absolute Gasteiger partial charge is 0.322 e. The Morgan fingerprint density at radius 1 is 1.29 bits per heavy atom. The van der Waals surface area contributed by atoms with Crippen molar-refractivity contribution >= 4 is 17.5 Å². The van der Waals surface area contributed by atoms with Gasteiger partial charge in [0.2, 0.25) is 11.2 Å². The van der Waals surface area contributed by atoms with Crippen molar-refractivity contribution in [3.8, 4) is 6.01 Å². The van der Waals surface area contributed by atoms with Gasteiger partial charge in [0, 0.05) is 6.04 Å². The Hall–Kier alpha value is -1.10. The van der Waals surface area contributed by atoms with Crippen LogP contribution in [0.3, 0.4) is 0 Å². The van der Waals surface area contributed by atoms with Crippen LogP contribution in [0.15, 0.2) is 0 Å². The zero-order valence-corrected chi connectivity index (χ0v) is 11.3. The number of hydrogen-bond donors (Lipinski definition) is 1. The molecule has 0 aliphatic heterocycles. The minimum absolute atomic E-state index is 0.147. The summed E-state index contributed by atoms with van der Waals surface area (Å²) >= 11 is 5.79. The number of nitrogens with one attached hydrogen (secondary N) is 1. The van der Waals surface area contributed by atoms with Crippen molar-refractivity contribution in [2.24, 2.45) is 0 Å². The lowest BCUT2D eigenvalue weighted by Gasteiger charge is -2.13. The highest BCUT2D eigenvalue weighted by Gasteiger charge is 2.08. The van der Waals surface area contributed by atoms with Crippen LogP contribution in [0, 0.1) is 0 Å². The monoisotopic (exact) mass is 258 g/mol. The molecule has 0 aliphatic carbocycles. The summed E-state index contributed by atoms with van der Waals surface area (Å²) in [5, 5.41) is 3.34. The van der Waals surface area contributed by atoms with E-state index in [0.29, 0.717) is 18.6 Å². The van der Waals surface area contributed by atoms with E-state index < -0.39 is 0 Å². The summed E-state index contributed by atoms with van der Waals surface area (Å²) in [6, 6.07) is 0.570. The molecule has 1 unspecified atom stereocenters.